The predicted molar refractivity (Wildman–Crippen MR) is 101 cm³/mol. The first-order valence-corrected chi connectivity index (χ1v) is 9.74. The number of carbonyl (C=O) groups excluding carboxylic acids is 2. The molecule has 0 aliphatic carbocycles. The van der Waals surface area contributed by atoms with E-state index in [-0.39, 0.29) is 17.9 Å². The Morgan fingerprint density at radius 2 is 2.15 bits per heavy atom. The number of amides is 2. The summed E-state index contributed by atoms with van der Waals surface area (Å²) in [5.41, 5.74) is 1.92. The average molecular weight is 373 g/mol. The molecule has 6 nitrogen and oxygen atoms in total. The number of thiazole rings is 1. The molecular weight excluding hydrogens is 350 g/mol. The van der Waals surface area contributed by atoms with E-state index in [1.165, 1.54) is 0 Å². The summed E-state index contributed by atoms with van der Waals surface area (Å²) in [6.07, 6.45) is 1.26. The fourth-order valence-electron chi connectivity index (χ4n) is 3.00. The summed E-state index contributed by atoms with van der Waals surface area (Å²) < 4.78 is 5.03. The summed E-state index contributed by atoms with van der Waals surface area (Å²) in [7, 11) is 0. The number of piperidine rings is 1. The number of likely N-dealkylation sites (tertiary alicyclic amines) is 1. The Labute approximate surface area is 157 Å². The lowest BCUT2D eigenvalue weighted by atomic mass is 9.97. The van der Waals surface area contributed by atoms with E-state index >= 15 is 0 Å². The summed E-state index contributed by atoms with van der Waals surface area (Å²) in [6.45, 7) is 3.59. The van der Waals surface area contributed by atoms with Crippen LogP contribution >= 0.6 is 11.3 Å². The summed E-state index contributed by atoms with van der Waals surface area (Å²) >= 11 is 1.57. The Morgan fingerprint density at radius 1 is 1.35 bits per heavy atom. The maximum atomic E-state index is 12.5. The van der Waals surface area contributed by atoms with Gasteiger partial charge in [0, 0.05) is 24.0 Å². The molecule has 1 aromatic carbocycles. The molecule has 1 N–H and O–H groups in total. The summed E-state index contributed by atoms with van der Waals surface area (Å²) in [5.74, 6) is -0.228. The van der Waals surface area contributed by atoms with Crippen LogP contribution in [0.3, 0.4) is 0 Å². The van der Waals surface area contributed by atoms with Crippen LogP contribution in [-0.4, -0.2) is 41.6 Å². The van der Waals surface area contributed by atoms with Crippen LogP contribution in [0.15, 0.2) is 35.7 Å². The number of rotatable bonds is 5. The molecule has 26 heavy (non-hydrogen) atoms. The second-order valence-electron chi connectivity index (χ2n) is 6.21. The smallest absolute Gasteiger partial charge is 0.409 e. The number of nitrogens with zero attached hydrogens (tertiary/aromatic N) is 2. The maximum absolute atomic E-state index is 12.5. The lowest BCUT2D eigenvalue weighted by Crippen LogP contribution is -2.45. The minimum absolute atomic E-state index is 0.0340. The van der Waals surface area contributed by atoms with E-state index in [0.29, 0.717) is 26.2 Å². The number of carbonyl (C=O) groups is 2. The van der Waals surface area contributed by atoms with Crippen molar-refractivity contribution in [3.8, 4) is 10.6 Å². The van der Waals surface area contributed by atoms with Crippen LogP contribution in [0.2, 0.25) is 0 Å². The van der Waals surface area contributed by atoms with E-state index < -0.39 is 0 Å². The molecule has 0 radical (unpaired) electrons. The zero-order chi connectivity index (χ0) is 18.4. The highest BCUT2D eigenvalue weighted by molar-refractivity contribution is 7.13. The number of ether oxygens (including phenoxy) is 1. The molecular formula is C19H23N3O3S. The van der Waals surface area contributed by atoms with E-state index in [1.54, 1.807) is 23.2 Å². The van der Waals surface area contributed by atoms with E-state index in [1.807, 2.05) is 35.7 Å². The predicted octanol–water partition coefficient (Wildman–Crippen LogP) is 3.29. The van der Waals surface area contributed by atoms with Gasteiger partial charge in [-0.1, -0.05) is 30.3 Å². The first kappa shape index (κ1) is 18.4. The quantitative estimate of drug-likeness (QED) is 0.873. The molecule has 7 heteroatoms. The van der Waals surface area contributed by atoms with E-state index in [9.17, 15) is 9.59 Å². The van der Waals surface area contributed by atoms with Gasteiger partial charge in [0.1, 0.15) is 5.01 Å². The molecule has 0 spiro atoms. The Morgan fingerprint density at radius 3 is 2.92 bits per heavy atom. The summed E-state index contributed by atoms with van der Waals surface area (Å²) in [4.78, 5) is 30.5. The van der Waals surface area contributed by atoms with Crippen molar-refractivity contribution < 1.29 is 14.3 Å². The zero-order valence-electron chi connectivity index (χ0n) is 14.8. The zero-order valence-corrected chi connectivity index (χ0v) is 15.6. The largest absolute Gasteiger partial charge is 0.450 e. The van der Waals surface area contributed by atoms with Gasteiger partial charge in [-0.15, -0.1) is 11.3 Å². The SMILES string of the molecule is CCOC(=O)N1CCCC(C(=O)NCc2csc(-c3ccccc3)n2)C1. The highest BCUT2D eigenvalue weighted by Gasteiger charge is 2.29. The van der Waals surface area contributed by atoms with Crippen molar-refractivity contribution in [2.75, 3.05) is 19.7 Å². The third-order valence-corrected chi connectivity index (χ3v) is 5.27. The van der Waals surface area contributed by atoms with Gasteiger partial charge in [0.15, 0.2) is 0 Å². The third kappa shape index (κ3) is 4.60. The van der Waals surface area contributed by atoms with Gasteiger partial charge in [-0.25, -0.2) is 9.78 Å². The maximum Gasteiger partial charge on any atom is 0.409 e. The number of hydrogen-bond donors (Lipinski definition) is 1. The van der Waals surface area contributed by atoms with Crippen LogP contribution in [-0.2, 0) is 16.1 Å². The van der Waals surface area contributed by atoms with Gasteiger partial charge < -0.3 is 15.0 Å². The van der Waals surface area contributed by atoms with Crippen molar-refractivity contribution >= 4 is 23.3 Å². The number of aromatic nitrogens is 1. The van der Waals surface area contributed by atoms with Crippen LogP contribution in [0.25, 0.3) is 10.6 Å². The molecule has 1 saturated heterocycles. The van der Waals surface area contributed by atoms with Gasteiger partial charge in [0.25, 0.3) is 0 Å². The Hall–Kier alpha value is -2.41. The average Bonchev–Trinajstić information content (AvgIpc) is 3.16. The Balaban J connectivity index is 1.52. The minimum Gasteiger partial charge on any atom is -0.450 e. The molecule has 0 saturated carbocycles. The lowest BCUT2D eigenvalue weighted by molar-refractivity contribution is -0.126. The van der Waals surface area contributed by atoms with Crippen molar-refractivity contribution in [1.82, 2.24) is 15.2 Å². The highest BCUT2D eigenvalue weighted by atomic mass is 32.1. The van der Waals surface area contributed by atoms with E-state index in [4.69, 9.17) is 4.74 Å². The molecule has 2 aromatic rings. The van der Waals surface area contributed by atoms with Gasteiger partial charge in [0.05, 0.1) is 24.8 Å². The van der Waals surface area contributed by atoms with Crippen LogP contribution in [0, 0.1) is 5.92 Å². The monoisotopic (exact) mass is 373 g/mol. The van der Waals surface area contributed by atoms with E-state index in [0.717, 1.165) is 29.1 Å². The Kier molecular flexibility index (Phi) is 6.22. The lowest BCUT2D eigenvalue weighted by Gasteiger charge is -2.31. The first-order chi connectivity index (χ1) is 12.7. The molecule has 1 aliphatic rings. The van der Waals surface area contributed by atoms with Crippen molar-refractivity contribution in [1.29, 1.82) is 0 Å². The van der Waals surface area contributed by atoms with Crippen molar-refractivity contribution in [3.63, 3.8) is 0 Å². The first-order valence-electron chi connectivity index (χ1n) is 8.86. The molecule has 138 valence electrons. The summed E-state index contributed by atoms with van der Waals surface area (Å²) in [6, 6.07) is 9.98. The van der Waals surface area contributed by atoms with Crippen LogP contribution < -0.4 is 5.32 Å². The van der Waals surface area contributed by atoms with Crippen molar-refractivity contribution in [2.45, 2.75) is 26.3 Å². The molecule has 3 rings (SSSR count). The second-order valence-corrected chi connectivity index (χ2v) is 7.07. The molecule has 1 fully saturated rings. The highest BCUT2D eigenvalue weighted by Crippen LogP contribution is 2.23. The van der Waals surface area contributed by atoms with Crippen molar-refractivity contribution in [3.05, 3.63) is 41.4 Å². The normalized spacial score (nSPS) is 17.0. The fourth-order valence-corrected chi connectivity index (χ4v) is 3.82. The third-order valence-electron chi connectivity index (χ3n) is 4.33. The molecule has 1 unspecified atom stereocenters. The molecule has 0 bridgehead atoms. The number of hydrogen-bond acceptors (Lipinski definition) is 5. The standard InChI is InChI=1S/C19H23N3O3S/c1-2-25-19(24)22-10-6-9-15(12-22)17(23)20-11-16-13-26-18(21-16)14-7-4-3-5-8-14/h3-5,7-8,13,15H,2,6,9-12H2,1H3,(H,20,23). The molecule has 2 amide bonds. The van der Waals surface area contributed by atoms with Gasteiger partial charge >= 0.3 is 6.09 Å². The van der Waals surface area contributed by atoms with Gasteiger partial charge in [0.2, 0.25) is 5.91 Å². The van der Waals surface area contributed by atoms with Crippen LogP contribution in [0.4, 0.5) is 4.79 Å². The van der Waals surface area contributed by atoms with Gasteiger partial charge in [-0.05, 0) is 19.8 Å². The molecule has 1 atom stereocenters. The molecule has 1 aliphatic heterocycles. The second kappa shape index (κ2) is 8.80. The fraction of sp³-hybridized carbons (Fsp3) is 0.421. The van der Waals surface area contributed by atoms with Gasteiger partial charge in [-0.2, -0.15) is 0 Å². The summed E-state index contributed by atoms with van der Waals surface area (Å²) in [5, 5.41) is 5.86. The Bertz CT molecular complexity index is 747. The van der Waals surface area contributed by atoms with Gasteiger partial charge in [-0.3, -0.25) is 4.79 Å². The van der Waals surface area contributed by atoms with E-state index in [2.05, 4.69) is 10.3 Å². The topological polar surface area (TPSA) is 71.5 Å². The molecule has 1 aromatic heterocycles. The number of benzene rings is 1. The number of nitrogens with one attached hydrogen (secondary N) is 1. The van der Waals surface area contributed by atoms with Crippen LogP contribution in [0.1, 0.15) is 25.5 Å². The van der Waals surface area contributed by atoms with Crippen molar-refractivity contribution in [2.24, 2.45) is 5.92 Å². The minimum atomic E-state index is -0.336. The molecule has 2 heterocycles. The van der Waals surface area contributed by atoms with Crippen LogP contribution in [0.5, 0.6) is 0 Å².